The van der Waals surface area contributed by atoms with Crippen LogP contribution >= 0.6 is 15.9 Å². The average molecular weight is 316 g/mol. The van der Waals surface area contributed by atoms with Crippen LogP contribution in [0.3, 0.4) is 0 Å². The molecular formula is C14H22BrNO2. The Morgan fingerprint density at radius 3 is 2.83 bits per heavy atom. The Balaban J connectivity index is 2.24. The molecule has 0 saturated carbocycles. The summed E-state index contributed by atoms with van der Waals surface area (Å²) >= 11 is 3.47. The highest BCUT2D eigenvalue weighted by Gasteiger charge is 2.02. The molecule has 18 heavy (non-hydrogen) atoms. The summed E-state index contributed by atoms with van der Waals surface area (Å²) in [6, 6.07) is 6.05. The molecule has 0 aliphatic rings. The summed E-state index contributed by atoms with van der Waals surface area (Å²) in [6.45, 7) is 5.59. The van der Waals surface area contributed by atoms with Crippen molar-refractivity contribution in [1.82, 2.24) is 5.32 Å². The molecule has 1 aromatic carbocycles. The predicted octanol–water partition coefficient (Wildman–Crippen LogP) is 3.36. The van der Waals surface area contributed by atoms with Gasteiger partial charge in [0, 0.05) is 29.8 Å². The summed E-state index contributed by atoms with van der Waals surface area (Å²) in [4.78, 5) is 0. The first-order valence-electron chi connectivity index (χ1n) is 6.38. The Morgan fingerprint density at radius 1 is 1.28 bits per heavy atom. The van der Waals surface area contributed by atoms with Gasteiger partial charge in [0.15, 0.2) is 0 Å². The van der Waals surface area contributed by atoms with E-state index >= 15 is 0 Å². The molecule has 1 aromatic rings. The van der Waals surface area contributed by atoms with Gasteiger partial charge < -0.3 is 14.8 Å². The predicted molar refractivity (Wildman–Crippen MR) is 78.1 cm³/mol. The maximum absolute atomic E-state index is 5.43. The number of halogens is 1. The molecule has 0 saturated heterocycles. The van der Waals surface area contributed by atoms with Crippen LogP contribution in [0.4, 0.5) is 0 Å². The van der Waals surface area contributed by atoms with E-state index in [0.717, 1.165) is 49.4 Å². The molecule has 0 fully saturated rings. The quantitative estimate of drug-likeness (QED) is 0.709. The van der Waals surface area contributed by atoms with E-state index in [0.29, 0.717) is 0 Å². The third-order valence-electron chi connectivity index (χ3n) is 2.55. The van der Waals surface area contributed by atoms with Crippen LogP contribution in [0.5, 0.6) is 5.75 Å². The van der Waals surface area contributed by atoms with Crippen LogP contribution < -0.4 is 10.1 Å². The number of rotatable bonds is 9. The molecule has 0 radical (unpaired) electrons. The first-order chi connectivity index (χ1) is 8.77. The molecule has 0 aliphatic carbocycles. The second-order valence-electron chi connectivity index (χ2n) is 4.10. The van der Waals surface area contributed by atoms with Gasteiger partial charge in [0.1, 0.15) is 5.75 Å². The van der Waals surface area contributed by atoms with Crippen LogP contribution in [-0.2, 0) is 11.3 Å². The van der Waals surface area contributed by atoms with E-state index in [1.807, 2.05) is 12.1 Å². The van der Waals surface area contributed by atoms with E-state index in [1.54, 1.807) is 7.11 Å². The van der Waals surface area contributed by atoms with Gasteiger partial charge in [-0.25, -0.2) is 0 Å². The van der Waals surface area contributed by atoms with Crippen LogP contribution in [0.15, 0.2) is 22.7 Å². The van der Waals surface area contributed by atoms with Gasteiger partial charge in [0.05, 0.1) is 7.11 Å². The van der Waals surface area contributed by atoms with Crippen LogP contribution in [0.2, 0.25) is 0 Å². The number of hydrogen-bond donors (Lipinski definition) is 1. The third-order valence-corrected chi connectivity index (χ3v) is 3.04. The number of nitrogens with one attached hydrogen (secondary N) is 1. The van der Waals surface area contributed by atoms with E-state index < -0.39 is 0 Å². The molecule has 4 heteroatoms. The van der Waals surface area contributed by atoms with Crippen molar-refractivity contribution in [2.24, 2.45) is 0 Å². The lowest BCUT2D eigenvalue weighted by molar-refractivity contribution is 0.132. The van der Waals surface area contributed by atoms with Gasteiger partial charge in [0.25, 0.3) is 0 Å². The molecule has 1 N–H and O–H groups in total. The van der Waals surface area contributed by atoms with E-state index in [9.17, 15) is 0 Å². The summed E-state index contributed by atoms with van der Waals surface area (Å²) in [7, 11) is 1.70. The first kappa shape index (κ1) is 15.5. The summed E-state index contributed by atoms with van der Waals surface area (Å²) < 4.78 is 11.8. The standard InChI is InChI=1S/C14H22BrNO2/c1-3-8-18-9-4-7-16-11-12-10-13(15)5-6-14(12)17-2/h5-6,10,16H,3-4,7-9,11H2,1-2H3. The van der Waals surface area contributed by atoms with Crippen molar-refractivity contribution in [3.05, 3.63) is 28.2 Å². The molecule has 0 aromatic heterocycles. The largest absolute Gasteiger partial charge is 0.496 e. The minimum absolute atomic E-state index is 0.816. The van der Waals surface area contributed by atoms with E-state index in [-0.39, 0.29) is 0 Å². The molecule has 0 atom stereocenters. The number of ether oxygens (including phenoxy) is 2. The molecule has 3 nitrogen and oxygen atoms in total. The number of benzene rings is 1. The molecule has 0 amide bonds. The van der Waals surface area contributed by atoms with Crippen LogP contribution in [-0.4, -0.2) is 26.9 Å². The summed E-state index contributed by atoms with van der Waals surface area (Å²) in [5.74, 6) is 0.924. The highest BCUT2D eigenvalue weighted by molar-refractivity contribution is 9.10. The van der Waals surface area contributed by atoms with Crippen molar-refractivity contribution in [3.63, 3.8) is 0 Å². The fourth-order valence-electron chi connectivity index (χ4n) is 1.65. The maximum Gasteiger partial charge on any atom is 0.123 e. The number of hydrogen-bond acceptors (Lipinski definition) is 3. The zero-order valence-corrected chi connectivity index (χ0v) is 12.8. The van der Waals surface area contributed by atoms with Gasteiger partial charge in [0.2, 0.25) is 0 Å². The second kappa shape index (κ2) is 9.36. The van der Waals surface area contributed by atoms with Crippen molar-refractivity contribution in [3.8, 4) is 5.75 Å². The molecule has 0 unspecified atom stereocenters. The van der Waals surface area contributed by atoms with Gasteiger partial charge in [-0.1, -0.05) is 22.9 Å². The minimum Gasteiger partial charge on any atom is -0.496 e. The summed E-state index contributed by atoms with van der Waals surface area (Å²) in [5, 5.41) is 3.40. The molecular weight excluding hydrogens is 294 g/mol. The Morgan fingerprint density at radius 2 is 2.11 bits per heavy atom. The molecule has 0 bridgehead atoms. The number of methoxy groups -OCH3 is 1. The lowest BCUT2D eigenvalue weighted by Gasteiger charge is -2.10. The molecule has 1 rings (SSSR count). The van der Waals surface area contributed by atoms with Crippen LogP contribution in [0, 0.1) is 0 Å². The van der Waals surface area contributed by atoms with Gasteiger partial charge in [-0.2, -0.15) is 0 Å². The maximum atomic E-state index is 5.43. The highest BCUT2D eigenvalue weighted by atomic mass is 79.9. The lowest BCUT2D eigenvalue weighted by atomic mass is 10.2. The van der Waals surface area contributed by atoms with Crippen LogP contribution in [0.25, 0.3) is 0 Å². The molecule has 0 spiro atoms. The monoisotopic (exact) mass is 315 g/mol. The van der Waals surface area contributed by atoms with Crippen molar-refractivity contribution in [2.75, 3.05) is 26.9 Å². The zero-order valence-electron chi connectivity index (χ0n) is 11.2. The van der Waals surface area contributed by atoms with E-state index in [2.05, 4.69) is 34.2 Å². The van der Waals surface area contributed by atoms with Crippen molar-refractivity contribution in [1.29, 1.82) is 0 Å². The zero-order chi connectivity index (χ0) is 13.2. The van der Waals surface area contributed by atoms with Gasteiger partial charge in [-0.05, 0) is 37.6 Å². The fourth-order valence-corrected chi connectivity index (χ4v) is 2.06. The van der Waals surface area contributed by atoms with Gasteiger partial charge in [-0.15, -0.1) is 0 Å². The lowest BCUT2D eigenvalue weighted by Crippen LogP contribution is -2.17. The highest BCUT2D eigenvalue weighted by Crippen LogP contribution is 2.22. The Hall–Kier alpha value is -0.580. The van der Waals surface area contributed by atoms with E-state index in [1.165, 1.54) is 5.56 Å². The average Bonchev–Trinajstić information content (AvgIpc) is 2.38. The first-order valence-corrected chi connectivity index (χ1v) is 7.18. The molecule has 0 aliphatic heterocycles. The van der Waals surface area contributed by atoms with E-state index in [4.69, 9.17) is 9.47 Å². The van der Waals surface area contributed by atoms with Gasteiger partial charge in [-0.3, -0.25) is 0 Å². The fraction of sp³-hybridized carbons (Fsp3) is 0.571. The smallest absolute Gasteiger partial charge is 0.123 e. The Labute approximate surface area is 118 Å². The normalized spacial score (nSPS) is 10.6. The molecule has 102 valence electrons. The SMILES string of the molecule is CCCOCCCNCc1cc(Br)ccc1OC. The summed E-state index contributed by atoms with van der Waals surface area (Å²) in [6.07, 6.45) is 2.12. The van der Waals surface area contributed by atoms with Crippen molar-refractivity contribution in [2.45, 2.75) is 26.3 Å². The third kappa shape index (κ3) is 5.85. The van der Waals surface area contributed by atoms with Crippen LogP contribution in [0.1, 0.15) is 25.3 Å². The van der Waals surface area contributed by atoms with Crippen molar-refractivity contribution >= 4 is 15.9 Å². The summed E-state index contributed by atoms with van der Waals surface area (Å²) in [5.41, 5.74) is 1.17. The van der Waals surface area contributed by atoms with Gasteiger partial charge >= 0.3 is 0 Å². The Bertz CT molecular complexity index is 345. The van der Waals surface area contributed by atoms with Crippen molar-refractivity contribution < 1.29 is 9.47 Å². The second-order valence-corrected chi connectivity index (χ2v) is 5.01. The Kier molecular flexibility index (Phi) is 8.05. The topological polar surface area (TPSA) is 30.5 Å². The molecule has 0 heterocycles. The minimum atomic E-state index is 0.816.